The van der Waals surface area contributed by atoms with Crippen molar-refractivity contribution in [2.45, 2.75) is 19.0 Å². The zero-order valence-electron chi connectivity index (χ0n) is 13.5. The molecular formula is C17H20ClN5O. The summed E-state index contributed by atoms with van der Waals surface area (Å²) in [6, 6.07) is 12.2. The number of carbonyl (C=O) groups is 1. The summed E-state index contributed by atoms with van der Waals surface area (Å²) in [7, 11) is 2.11. The smallest absolute Gasteiger partial charge is 0.252 e. The Morgan fingerprint density at radius 2 is 2.12 bits per heavy atom. The van der Waals surface area contributed by atoms with Crippen LogP contribution in [0.4, 0.5) is 5.82 Å². The summed E-state index contributed by atoms with van der Waals surface area (Å²) in [5.74, 6) is -0.0228. The van der Waals surface area contributed by atoms with Crippen LogP contribution in [0, 0.1) is 0 Å². The number of primary amides is 1. The van der Waals surface area contributed by atoms with Crippen LogP contribution in [-0.2, 0) is 6.54 Å². The molecule has 1 unspecified atom stereocenters. The second-order valence-electron chi connectivity index (χ2n) is 6.06. The van der Waals surface area contributed by atoms with Gasteiger partial charge in [0.2, 0.25) is 0 Å². The van der Waals surface area contributed by atoms with Crippen molar-refractivity contribution in [1.82, 2.24) is 15.1 Å². The molecule has 2 heterocycles. The Morgan fingerprint density at radius 3 is 2.83 bits per heavy atom. The van der Waals surface area contributed by atoms with E-state index in [1.54, 1.807) is 0 Å². The van der Waals surface area contributed by atoms with Gasteiger partial charge in [0.1, 0.15) is 0 Å². The molecule has 6 nitrogen and oxygen atoms in total. The number of likely N-dealkylation sites (N-methyl/N-ethyl adjacent to an activating group) is 1. The van der Waals surface area contributed by atoms with E-state index in [1.807, 2.05) is 18.2 Å². The Bertz CT molecular complexity index is 724. The standard InChI is InChI=1S/C17H20ClN5O/c1-22(10-12-5-3-2-4-6-12)13-7-8-23(11-13)17-14(16(19)24)9-15(18)20-21-17/h2-6,9,13H,7-8,10-11H2,1H3,(H2,19,24). The Morgan fingerprint density at radius 1 is 1.38 bits per heavy atom. The third-order valence-corrected chi connectivity index (χ3v) is 4.56. The molecule has 1 atom stereocenters. The second kappa shape index (κ2) is 7.15. The molecule has 2 aromatic rings. The zero-order valence-corrected chi connectivity index (χ0v) is 14.3. The van der Waals surface area contributed by atoms with Crippen LogP contribution in [0.3, 0.4) is 0 Å². The van der Waals surface area contributed by atoms with E-state index in [0.717, 1.165) is 26.1 Å². The lowest BCUT2D eigenvalue weighted by Crippen LogP contribution is -2.35. The predicted octanol–water partition coefficient (Wildman–Crippen LogP) is 1.94. The normalized spacial score (nSPS) is 17.5. The number of rotatable bonds is 5. The molecule has 2 N–H and O–H groups in total. The van der Waals surface area contributed by atoms with Crippen LogP contribution < -0.4 is 10.6 Å². The molecule has 7 heteroatoms. The van der Waals surface area contributed by atoms with Crippen LogP contribution in [0.2, 0.25) is 5.15 Å². The number of amides is 1. The summed E-state index contributed by atoms with van der Waals surface area (Å²) in [5.41, 5.74) is 7.05. The maximum atomic E-state index is 11.6. The average Bonchev–Trinajstić information content (AvgIpc) is 3.05. The molecule has 1 aromatic heterocycles. The lowest BCUT2D eigenvalue weighted by molar-refractivity contribution is 0.100. The largest absolute Gasteiger partial charge is 0.365 e. The lowest BCUT2D eigenvalue weighted by atomic mass is 10.1. The van der Waals surface area contributed by atoms with Crippen molar-refractivity contribution in [3.63, 3.8) is 0 Å². The van der Waals surface area contributed by atoms with E-state index < -0.39 is 5.91 Å². The third-order valence-electron chi connectivity index (χ3n) is 4.37. The number of hydrogen-bond acceptors (Lipinski definition) is 5. The van der Waals surface area contributed by atoms with E-state index in [1.165, 1.54) is 11.6 Å². The van der Waals surface area contributed by atoms with Gasteiger partial charge in [0, 0.05) is 25.7 Å². The predicted molar refractivity (Wildman–Crippen MR) is 94.1 cm³/mol. The van der Waals surface area contributed by atoms with Gasteiger partial charge in [0.05, 0.1) is 5.56 Å². The number of halogens is 1. The Balaban J connectivity index is 1.70. The molecule has 0 aliphatic carbocycles. The highest BCUT2D eigenvalue weighted by molar-refractivity contribution is 6.29. The molecule has 1 aromatic carbocycles. The first-order valence-electron chi connectivity index (χ1n) is 7.86. The van der Waals surface area contributed by atoms with Gasteiger partial charge < -0.3 is 10.6 Å². The Kier molecular flexibility index (Phi) is 4.97. The van der Waals surface area contributed by atoms with Crippen molar-refractivity contribution in [2.75, 3.05) is 25.0 Å². The summed E-state index contributed by atoms with van der Waals surface area (Å²) in [6.45, 7) is 2.47. The number of carbonyl (C=O) groups excluding carboxylic acids is 1. The zero-order chi connectivity index (χ0) is 17.1. The molecule has 3 rings (SSSR count). The topological polar surface area (TPSA) is 75.3 Å². The maximum Gasteiger partial charge on any atom is 0.252 e. The minimum atomic E-state index is -0.539. The van der Waals surface area contributed by atoms with Crippen molar-refractivity contribution in [1.29, 1.82) is 0 Å². The highest BCUT2D eigenvalue weighted by atomic mass is 35.5. The second-order valence-corrected chi connectivity index (χ2v) is 6.45. The van der Waals surface area contributed by atoms with Gasteiger partial charge >= 0.3 is 0 Å². The van der Waals surface area contributed by atoms with Crippen molar-refractivity contribution in [2.24, 2.45) is 5.73 Å². The van der Waals surface area contributed by atoms with E-state index in [0.29, 0.717) is 17.4 Å². The summed E-state index contributed by atoms with van der Waals surface area (Å²) < 4.78 is 0. The van der Waals surface area contributed by atoms with Crippen LogP contribution in [0.1, 0.15) is 22.3 Å². The van der Waals surface area contributed by atoms with Gasteiger partial charge in [-0.25, -0.2) is 0 Å². The van der Waals surface area contributed by atoms with Crippen molar-refractivity contribution >= 4 is 23.3 Å². The molecule has 1 amide bonds. The molecule has 1 aliphatic rings. The molecule has 1 aliphatic heterocycles. The SMILES string of the molecule is CN(Cc1ccccc1)C1CCN(c2nnc(Cl)cc2C(N)=O)C1. The van der Waals surface area contributed by atoms with Gasteiger partial charge in [0.25, 0.3) is 5.91 Å². The molecular weight excluding hydrogens is 326 g/mol. The van der Waals surface area contributed by atoms with E-state index in [-0.39, 0.29) is 5.15 Å². The Labute approximate surface area is 146 Å². The summed E-state index contributed by atoms with van der Waals surface area (Å²) >= 11 is 5.83. The Hall–Kier alpha value is -2.18. The van der Waals surface area contributed by atoms with Gasteiger partial charge in [-0.2, -0.15) is 0 Å². The van der Waals surface area contributed by atoms with E-state index >= 15 is 0 Å². The molecule has 24 heavy (non-hydrogen) atoms. The highest BCUT2D eigenvalue weighted by Crippen LogP contribution is 2.25. The fraction of sp³-hybridized carbons (Fsp3) is 0.353. The quantitative estimate of drug-likeness (QED) is 0.896. The number of benzene rings is 1. The molecule has 0 bridgehead atoms. The number of hydrogen-bond donors (Lipinski definition) is 1. The first-order valence-corrected chi connectivity index (χ1v) is 8.24. The number of nitrogens with two attached hydrogens (primary N) is 1. The third kappa shape index (κ3) is 3.66. The van der Waals surface area contributed by atoms with E-state index in [9.17, 15) is 4.79 Å². The summed E-state index contributed by atoms with van der Waals surface area (Å²) in [5, 5.41) is 8.11. The van der Waals surface area contributed by atoms with Crippen LogP contribution >= 0.6 is 11.6 Å². The van der Waals surface area contributed by atoms with Crippen LogP contribution in [-0.4, -0.2) is 47.2 Å². The van der Waals surface area contributed by atoms with Gasteiger partial charge in [-0.05, 0) is 25.1 Å². The van der Waals surface area contributed by atoms with Crippen LogP contribution in [0.15, 0.2) is 36.4 Å². The minimum absolute atomic E-state index is 0.171. The first kappa shape index (κ1) is 16.7. The maximum absolute atomic E-state index is 11.6. The highest BCUT2D eigenvalue weighted by Gasteiger charge is 2.29. The van der Waals surface area contributed by atoms with E-state index in [4.69, 9.17) is 17.3 Å². The molecule has 0 saturated carbocycles. The number of aromatic nitrogens is 2. The molecule has 1 fully saturated rings. The molecule has 1 saturated heterocycles. The molecule has 126 valence electrons. The first-order chi connectivity index (χ1) is 11.5. The lowest BCUT2D eigenvalue weighted by Gasteiger charge is -2.25. The summed E-state index contributed by atoms with van der Waals surface area (Å²) in [4.78, 5) is 16.0. The number of nitrogens with zero attached hydrogens (tertiary/aromatic N) is 4. The summed E-state index contributed by atoms with van der Waals surface area (Å²) in [6.07, 6.45) is 0.992. The molecule has 0 radical (unpaired) electrons. The van der Waals surface area contributed by atoms with Crippen LogP contribution in [0.25, 0.3) is 0 Å². The van der Waals surface area contributed by atoms with Gasteiger partial charge in [-0.1, -0.05) is 41.9 Å². The monoisotopic (exact) mass is 345 g/mol. The van der Waals surface area contributed by atoms with Crippen molar-refractivity contribution < 1.29 is 4.79 Å². The minimum Gasteiger partial charge on any atom is -0.365 e. The average molecular weight is 346 g/mol. The van der Waals surface area contributed by atoms with Gasteiger partial charge in [-0.3, -0.25) is 9.69 Å². The number of anilines is 1. The van der Waals surface area contributed by atoms with Crippen LogP contribution in [0.5, 0.6) is 0 Å². The van der Waals surface area contributed by atoms with Crippen molar-refractivity contribution in [3.05, 3.63) is 52.7 Å². The van der Waals surface area contributed by atoms with E-state index in [2.05, 4.69) is 39.2 Å². The van der Waals surface area contributed by atoms with Gasteiger partial charge in [-0.15, -0.1) is 10.2 Å². The van der Waals surface area contributed by atoms with Gasteiger partial charge in [0.15, 0.2) is 11.0 Å². The fourth-order valence-electron chi connectivity index (χ4n) is 3.07. The molecule has 0 spiro atoms. The van der Waals surface area contributed by atoms with Crippen molar-refractivity contribution in [3.8, 4) is 0 Å². The fourth-order valence-corrected chi connectivity index (χ4v) is 3.22.